The van der Waals surface area contributed by atoms with Crippen molar-refractivity contribution in [3.63, 3.8) is 0 Å². The third-order valence-corrected chi connectivity index (χ3v) is 3.82. The minimum absolute atomic E-state index is 0.157. The number of ether oxygens (including phenoxy) is 1. The Hall–Kier alpha value is -1.19. The van der Waals surface area contributed by atoms with Gasteiger partial charge in [0.2, 0.25) is 0 Å². The Morgan fingerprint density at radius 2 is 2.00 bits per heavy atom. The van der Waals surface area contributed by atoms with E-state index in [2.05, 4.69) is 34.2 Å². The molecule has 0 spiro atoms. The summed E-state index contributed by atoms with van der Waals surface area (Å²) in [5, 5.41) is 4.14. The number of methoxy groups -OCH3 is 1. The molecule has 4 heteroatoms. The smallest absolute Gasteiger partial charge is 0.119 e. The van der Waals surface area contributed by atoms with Crippen LogP contribution in [0.1, 0.15) is 18.5 Å². The first-order valence-electron chi connectivity index (χ1n) is 5.95. The molecule has 0 heterocycles. The number of hydrogen-bond donors (Lipinski definition) is 1. The Balaban J connectivity index is 2.20. The molecular formula is C15H15BrClNO. The number of rotatable bonds is 4. The molecule has 2 aromatic rings. The number of anilines is 1. The van der Waals surface area contributed by atoms with Gasteiger partial charge in [0.1, 0.15) is 5.75 Å². The van der Waals surface area contributed by atoms with Crippen molar-refractivity contribution in [3.8, 4) is 5.75 Å². The van der Waals surface area contributed by atoms with Crippen LogP contribution in [-0.4, -0.2) is 7.11 Å². The summed E-state index contributed by atoms with van der Waals surface area (Å²) in [6.45, 7) is 2.10. The van der Waals surface area contributed by atoms with Gasteiger partial charge < -0.3 is 10.1 Å². The molecule has 0 amide bonds. The van der Waals surface area contributed by atoms with Gasteiger partial charge in [-0.1, -0.05) is 23.7 Å². The maximum Gasteiger partial charge on any atom is 0.119 e. The summed E-state index contributed by atoms with van der Waals surface area (Å²) in [5.41, 5.74) is 2.13. The van der Waals surface area contributed by atoms with Gasteiger partial charge in [0.15, 0.2) is 0 Å². The van der Waals surface area contributed by atoms with E-state index in [1.165, 1.54) is 0 Å². The van der Waals surface area contributed by atoms with Gasteiger partial charge in [-0.15, -0.1) is 0 Å². The van der Waals surface area contributed by atoms with Crippen LogP contribution < -0.4 is 10.1 Å². The van der Waals surface area contributed by atoms with Gasteiger partial charge in [0.25, 0.3) is 0 Å². The van der Waals surface area contributed by atoms with E-state index in [9.17, 15) is 0 Å². The summed E-state index contributed by atoms with van der Waals surface area (Å²) >= 11 is 9.53. The Bertz CT molecular complexity index is 574. The van der Waals surface area contributed by atoms with Crippen LogP contribution >= 0.6 is 27.5 Å². The molecule has 100 valence electrons. The molecule has 2 aromatic carbocycles. The average Bonchev–Trinajstić information content (AvgIpc) is 2.43. The lowest BCUT2D eigenvalue weighted by atomic mass is 10.1. The SMILES string of the molecule is COc1cccc(C(C)Nc2cc(Cl)ccc2Br)c1. The lowest BCUT2D eigenvalue weighted by Gasteiger charge is -2.17. The zero-order valence-corrected chi connectivity index (χ0v) is 13.1. The van der Waals surface area contributed by atoms with Crippen LogP contribution in [0.15, 0.2) is 46.9 Å². The van der Waals surface area contributed by atoms with Crippen LogP contribution in [-0.2, 0) is 0 Å². The Kier molecular flexibility index (Phi) is 4.72. The molecule has 1 unspecified atom stereocenters. The predicted octanol–water partition coefficient (Wildman–Crippen LogP) is 5.28. The van der Waals surface area contributed by atoms with E-state index in [0.29, 0.717) is 5.02 Å². The standard InChI is InChI=1S/C15H15BrClNO/c1-10(11-4-3-5-13(8-11)19-2)18-15-9-12(17)6-7-14(15)16/h3-10,18H,1-2H3. The minimum Gasteiger partial charge on any atom is -0.497 e. The van der Waals surface area contributed by atoms with E-state index in [4.69, 9.17) is 16.3 Å². The molecule has 19 heavy (non-hydrogen) atoms. The molecule has 0 aliphatic rings. The van der Waals surface area contributed by atoms with Gasteiger partial charge in [0.05, 0.1) is 12.8 Å². The van der Waals surface area contributed by atoms with E-state index >= 15 is 0 Å². The molecule has 2 nitrogen and oxygen atoms in total. The normalized spacial score (nSPS) is 12.0. The zero-order valence-electron chi connectivity index (χ0n) is 10.8. The monoisotopic (exact) mass is 339 g/mol. The Labute approximate surface area is 126 Å². The van der Waals surface area contributed by atoms with E-state index in [0.717, 1.165) is 21.5 Å². The summed E-state index contributed by atoms with van der Waals surface area (Å²) in [4.78, 5) is 0. The molecule has 0 bridgehead atoms. The van der Waals surface area contributed by atoms with Gasteiger partial charge in [-0.25, -0.2) is 0 Å². The molecule has 1 atom stereocenters. The fourth-order valence-corrected chi connectivity index (χ4v) is 2.37. The summed E-state index contributed by atoms with van der Waals surface area (Å²) in [6.07, 6.45) is 0. The van der Waals surface area contributed by atoms with E-state index < -0.39 is 0 Å². The van der Waals surface area contributed by atoms with E-state index in [1.54, 1.807) is 7.11 Å². The number of halogens is 2. The van der Waals surface area contributed by atoms with E-state index in [1.807, 2.05) is 36.4 Å². The highest BCUT2D eigenvalue weighted by atomic mass is 79.9. The van der Waals surface area contributed by atoms with Gasteiger partial charge in [-0.2, -0.15) is 0 Å². The van der Waals surface area contributed by atoms with Crippen molar-refractivity contribution in [2.24, 2.45) is 0 Å². The molecule has 2 rings (SSSR count). The summed E-state index contributed by atoms with van der Waals surface area (Å²) in [5.74, 6) is 0.858. The first kappa shape index (κ1) is 14.2. The second kappa shape index (κ2) is 6.31. The summed E-state index contributed by atoms with van der Waals surface area (Å²) in [6, 6.07) is 13.9. The number of benzene rings is 2. The molecule has 0 aliphatic carbocycles. The molecule has 0 radical (unpaired) electrons. The number of hydrogen-bond acceptors (Lipinski definition) is 2. The van der Waals surface area contributed by atoms with Crippen LogP contribution in [0.5, 0.6) is 5.75 Å². The quantitative estimate of drug-likeness (QED) is 0.817. The van der Waals surface area contributed by atoms with Crippen LogP contribution in [0.25, 0.3) is 0 Å². The first-order valence-corrected chi connectivity index (χ1v) is 7.13. The van der Waals surface area contributed by atoms with Crippen LogP contribution in [0.2, 0.25) is 5.02 Å². The van der Waals surface area contributed by atoms with Crippen LogP contribution in [0.3, 0.4) is 0 Å². The Morgan fingerprint density at radius 3 is 2.74 bits per heavy atom. The zero-order chi connectivity index (χ0) is 13.8. The Morgan fingerprint density at radius 1 is 1.21 bits per heavy atom. The van der Waals surface area contributed by atoms with Crippen molar-refractivity contribution in [1.82, 2.24) is 0 Å². The maximum absolute atomic E-state index is 6.01. The topological polar surface area (TPSA) is 21.3 Å². The lowest BCUT2D eigenvalue weighted by Crippen LogP contribution is -2.07. The average molecular weight is 341 g/mol. The van der Waals surface area contributed by atoms with Gasteiger partial charge in [0, 0.05) is 15.5 Å². The highest BCUT2D eigenvalue weighted by Crippen LogP contribution is 2.30. The van der Waals surface area contributed by atoms with Gasteiger partial charge >= 0.3 is 0 Å². The van der Waals surface area contributed by atoms with Crippen molar-refractivity contribution in [2.45, 2.75) is 13.0 Å². The van der Waals surface area contributed by atoms with Gasteiger partial charge in [-0.05, 0) is 58.7 Å². The lowest BCUT2D eigenvalue weighted by molar-refractivity contribution is 0.414. The minimum atomic E-state index is 0.157. The second-order valence-corrected chi connectivity index (χ2v) is 5.56. The maximum atomic E-state index is 6.01. The molecule has 0 saturated heterocycles. The number of nitrogens with one attached hydrogen (secondary N) is 1. The highest BCUT2D eigenvalue weighted by molar-refractivity contribution is 9.10. The molecule has 0 saturated carbocycles. The fraction of sp³-hybridized carbons (Fsp3) is 0.200. The molecular weight excluding hydrogens is 326 g/mol. The van der Waals surface area contributed by atoms with Gasteiger partial charge in [-0.3, -0.25) is 0 Å². The molecule has 1 N–H and O–H groups in total. The van der Waals surface area contributed by atoms with Crippen molar-refractivity contribution < 1.29 is 4.74 Å². The van der Waals surface area contributed by atoms with E-state index in [-0.39, 0.29) is 6.04 Å². The molecule has 0 fully saturated rings. The third kappa shape index (κ3) is 3.64. The van der Waals surface area contributed by atoms with Crippen molar-refractivity contribution >= 4 is 33.2 Å². The largest absolute Gasteiger partial charge is 0.497 e. The molecule has 0 aliphatic heterocycles. The van der Waals surface area contributed by atoms with Crippen LogP contribution in [0.4, 0.5) is 5.69 Å². The summed E-state index contributed by atoms with van der Waals surface area (Å²) < 4.78 is 6.23. The fourth-order valence-electron chi connectivity index (χ4n) is 1.84. The third-order valence-electron chi connectivity index (χ3n) is 2.89. The van der Waals surface area contributed by atoms with Crippen molar-refractivity contribution in [3.05, 3.63) is 57.5 Å². The van der Waals surface area contributed by atoms with Crippen molar-refractivity contribution in [1.29, 1.82) is 0 Å². The second-order valence-electron chi connectivity index (χ2n) is 4.27. The first-order chi connectivity index (χ1) is 9.10. The molecule has 0 aromatic heterocycles. The van der Waals surface area contributed by atoms with Crippen molar-refractivity contribution in [2.75, 3.05) is 12.4 Å². The highest BCUT2D eigenvalue weighted by Gasteiger charge is 2.08. The summed E-state index contributed by atoms with van der Waals surface area (Å²) in [7, 11) is 1.67. The predicted molar refractivity (Wildman–Crippen MR) is 84.2 cm³/mol. The van der Waals surface area contributed by atoms with Crippen LogP contribution in [0, 0.1) is 0 Å².